The molecule has 0 saturated carbocycles. The molecule has 0 aromatic heterocycles. The number of nitrogens with one attached hydrogen (secondary N) is 1. The Morgan fingerprint density at radius 2 is 1.63 bits per heavy atom. The Hall–Kier alpha value is -2.28. The van der Waals surface area contributed by atoms with Gasteiger partial charge in [-0.1, -0.05) is 44.2 Å². The van der Waals surface area contributed by atoms with Crippen molar-refractivity contribution in [3.63, 3.8) is 0 Å². The van der Waals surface area contributed by atoms with Crippen LogP contribution in [0.2, 0.25) is 0 Å². The summed E-state index contributed by atoms with van der Waals surface area (Å²) in [4.78, 5) is 2.42. The summed E-state index contributed by atoms with van der Waals surface area (Å²) >= 11 is 0. The summed E-state index contributed by atoms with van der Waals surface area (Å²) in [7, 11) is 3.27. The third-order valence-electron chi connectivity index (χ3n) is 5.71. The molecule has 2 aromatic carbocycles. The molecular formula is C24H34N2O4. The van der Waals surface area contributed by atoms with Crippen LogP contribution >= 0.6 is 0 Å². The number of aliphatic hydroxyl groups excluding tert-OH is 1. The lowest BCUT2D eigenvalue weighted by Gasteiger charge is -2.44. The number of hydrogen-bond donors (Lipinski definition) is 2. The van der Waals surface area contributed by atoms with Gasteiger partial charge in [0, 0.05) is 55.9 Å². The molecule has 30 heavy (non-hydrogen) atoms. The standard InChI is InChI=1S/C24H34N2O4/c1-24(2,17-27)23(26-12-10-25-11-13-26)19-14-21(28-3)22(29-4)15-20(19)30-16-18-8-6-5-7-9-18/h5-9,14-15,23,25,27H,10-13,16-17H2,1-4H3/t23-/m1/s1. The largest absolute Gasteiger partial charge is 0.493 e. The summed E-state index contributed by atoms with van der Waals surface area (Å²) < 4.78 is 17.5. The second-order valence-corrected chi connectivity index (χ2v) is 8.35. The summed E-state index contributed by atoms with van der Waals surface area (Å²) in [6.45, 7) is 8.36. The molecule has 1 aliphatic heterocycles. The Morgan fingerprint density at radius 1 is 1.00 bits per heavy atom. The maximum absolute atomic E-state index is 10.2. The quantitative estimate of drug-likeness (QED) is 0.657. The lowest BCUT2D eigenvalue weighted by atomic mass is 9.79. The third kappa shape index (κ3) is 5.06. The van der Waals surface area contributed by atoms with E-state index >= 15 is 0 Å². The molecule has 3 rings (SSSR count). The maximum Gasteiger partial charge on any atom is 0.164 e. The Kier molecular flexibility index (Phi) is 7.58. The van der Waals surface area contributed by atoms with Gasteiger partial charge in [-0.2, -0.15) is 0 Å². The first-order valence-corrected chi connectivity index (χ1v) is 10.5. The van der Waals surface area contributed by atoms with Gasteiger partial charge in [-0.25, -0.2) is 0 Å². The van der Waals surface area contributed by atoms with Crippen molar-refractivity contribution >= 4 is 0 Å². The van der Waals surface area contributed by atoms with Crippen LogP contribution in [0, 0.1) is 5.41 Å². The fraction of sp³-hybridized carbons (Fsp3) is 0.500. The molecule has 1 saturated heterocycles. The molecule has 0 bridgehead atoms. The second kappa shape index (κ2) is 10.2. The van der Waals surface area contributed by atoms with Crippen LogP contribution in [0.1, 0.15) is 31.0 Å². The Bertz CT molecular complexity index is 804. The van der Waals surface area contributed by atoms with Crippen LogP contribution in [-0.2, 0) is 6.61 Å². The van der Waals surface area contributed by atoms with Gasteiger partial charge >= 0.3 is 0 Å². The molecule has 0 spiro atoms. The number of methoxy groups -OCH3 is 2. The smallest absolute Gasteiger partial charge is 0.164 e. The van der Waals surface area contributed by atoms with Crippen LogP contribution < -0.4 is 19.5 Å². The van der Waals surface area contributed by atoms with Crippen molar-refractivity contribution in [1.82, 2.24) is 10.2 Å². The second-order valence-electron chi connectivity index (χ2n) is 8.35. The molecule has 1 aliphatic rings. The van der Waals surface area contributed by atoms with E-state index in [-0.39, 0.29) is 18.1 Å². The topological polar surface area (TPSA) is 63.2 Å². The number of aliphatic hydroxyl groups is 1. The summed E-state index contributed by atoms with van der Waals surface area (Å²) in [5.74, 6) is 2.04. The molecule has 6 nitrogen and oxygen atoms in total. The van der Waals surface area contributed by atoms with E-state index in [2.05, 4.69) is 24.1 Å². The highest BCUT2D eigenvalue weighted by atomic mass is 16.5. The first-order chi connectivity index (χ1) is 14.5. The van der Waals surface area contributed by atoms with Crippen LogP contribution in [0.5, 0.6) is 17.2 Å². The average Bonchev–Trinajstić information content (AvgIpc) is 2.79. The third-order valence-corrected chi connectivity index (χ3v) is 5.71. The van der Waals surface area contributed by atoms with Crippen LogP contribution in [0.4, 0.5) is 0 Å². The van der Waals surface area contributed by atoms with Gasteiger partial charge in [-0.15, -0.1) is 0 Å². The highest BCUT2D eigenvalue weighted by molar-refractivity contribution is 5.52. The minimum atomic E-state index is -0.373. The van der Waals surface area contributed by atoms with Gasteiger partial charge in [0.05, 0.1) is 14.2 Å². The van der Waals surface area contributed by atoms with E-state index < -0.39 is 0 Å². The Balaban J connectivity index is 2.05. The monoisotopic (exact) mass is 414 g/mol. The SMILES string of the molecule is COc1cc(OCc2ccccc2)c([C@@H](N2CCNCC2)C(C)(C)CO)cc1OC. The van der Waals surface area contributed by atoms with Crippen molar-refractivity contribution in [2.24, 2.45) is 5.41 Å². The van der Waals surface area contributed by atoms with Crippen molar-refractivity contribution in [3.05, 3.63) is 53.6 Å². The highest BCUT2D eigenvalue weighted by Gasteiger charge is 2.38. The molecular weight excluding hydrogens is 380 g/mol. The molecule has 1 fully saturated rings. The van der Waals surface area contributed by atoms with Gasteiger partial charge in [0.15, 0.2) is 11.5 Å². The minimum Gasteiger partial charge on any atom is -0.493 e. The van der Waals surface area contributed by atoms with Crippen molar-refractivity contribution in [1.29, 1.82) is 0 Å². The van der Waals surface area contributed by atoms with Crippen LogP contribution in [-0.4, -0.2) is 57.0 Å². The molecule has 6 heteroatoms. The predicted octanol–water partition coefficient (Wildman–Crippen LogP) is 3.25. The van der Waals surface area contributed by atoms with E-state index in [1.807, 2.05) is 42.5 Å². The zero-order chi connectivity index (χ0) is 21.6. The summed E-state index contributed by atoms with van der Waals surface area (Å²) in [6.07, 6.45) is 0. The summed E-state index contributed by atoms with van der Waals surface area (Å²) in [6, 6.07) is 14.0. The summed E-state index contributed by atoms with van der Waals surface area (Å²) in [5, 5.41) is 13.7. The number of rotatable bonds is 9. The van der Waals surface area contributed by atoms with Gasteiger partial charge in [0.2, 0.25) is 0 Å². The molecule has 1 heterocycles. The number of nitrogens with zero attached hydrogens (tertiary/aromatic N) is 1. The molecule has 164 valence electrons. The predicted molar refractivity (Wildman–Crippen MR) is 118 cm³/mol. The van der Waals surface area contributed by atoms with E-state index in [0.29, 0.717) is 18.1 Å². The zero-order valence-electron chi connectivity index (χ0n) is 18.5. The van der Waals surface area contributed by atoms with Crippen molar-refractivity contribution in [2.45, 2.75) is 26.5 Å². The first-order valence-electron chi connectivity index (χ1n) is 10.5. The lowest BCUT2D eigenvalue weighted by molar-refractivity contribution is 0.0286. The van der Waals surface area contributed by atoms with E-state index in [4.69, 9.17) is 14.2 Å². The Morgan fingerprint density at radius 3 is 2.23 bits per heavy atom. The fourth-order valence-electron chi connectivity index (χ4n) is 4.09. The van der Waals surface area contributed by atoms with Gasteiger partial charge < -0.3 is 24.6 Å². The van der Waals surface area contributed by atoms with Crippen LogP contribution in [0.25, 0.3) is 0 Å². The zero-order valence-corrected chi connectivity index (χ0v) is 18.5. The lowest BCUT2D eigenvalue weighted by Crippen LogP contribution is -2.49. The minimum absolute atomic E-state index is 0.0322. The van der Waals surface area contributed by atoms with Gasteiger partial charge in [0.25, 0.3) is 0 Å². The van der Waals surface area contributed by atoms with Crippen LogP contribution in [0.15, 0.2) is 42.5 Å². The van der Waals surface area contributed by atoms with Gasteiger partial charge in [-0.05, 0) is 11.6 Å². The van der Waals surface area contributed by atoms with E-state index in [1.54, 1.807) is 14.2 Å². The van der Waals surface area contributed by atoms with E-state index in [9.17, 15) is 5.11 Å². The molecule has 1 atom stereocenters. The fourth-order valence-corrected chi connectivity index (χ4v) is 4.09. The Labute approximate surface area is 179 Å². The molecule has 0 radical (unpaired) electrons. The average molecular weight is 415 g/mol. The highest BCUT2D eigenvalue weighted by Crippen LogP contribution is 2.46. The molecule has 0 amide bonds. The van der Waals surface area contributed by atoms with Gasteiger partial charge in [0.1, 0.15) is 12.4 Å². The van der Waals surface area contributed by atoms with Crippen LogP contribution in [0.3, 0.4) is 0 Å². The number of ether oxygens (including phenoxy) is 3. The summed E-state index contributed by atoms with van der Waals surface area (Å²) in [5.41, 5.74) is 1.73. The number of piperazine rings is 1. The van der Waals surface area contributed by atoms with E-state index in [0.717, 1.165) is 43.1 Å². The van der Waals surface area contributed by atoms with Gasteiger partial charge in [-0.3, -0.25) is 4.90 Å². The normalized spacial score (nSPS) is 16.2. The molecule has 2 N–H and O–H groups in total. The van der Waals surface area contributed by atoms with Crippen molar-refractivity contribution in [2.75, 3.05) is 47.0 Å². The van der Waals surface area contributed by atoms with Crippen molar-refractivity contribution < 1.29 is 19.3 Å². The molecule has 2 aromatic rings. The van der Waals surface area contributed by atoms with E-state index in [1.165, 1.54) is 0 Å². The maximum atomic E-state index is 10.2. The molecule has 0 aliphatic carbocycles. The number of benzene rings is 2. The van der Waals surface area contributed by atoms with Crippen molar-refractivity contribution in [3.8, 4) is 17.2 Å². The first kappa shape index (κ1) is 22.4. The molecule has 0 unspecified atom stereocenters. The number of hydrogen-bond acceptors (Lipinski definition) is 6.